The summed E-state index contributed by atoms with van der Waals surface area (Å²) in [4.78, 5) is -0.0261. The average molecular weight is 466 g/mol. The third-order valence-corrected chi connectivity index (χ3v) is 6.79. The first-order chi connectivity index (χ1) is 14.3. The first kappa shape index (κ1) is 22.4. The molecule has 0 aliphatic heterocycles. The maximum atomic E-state index is 13.1. The van der Waals surface area contributed by atoms with Crippen molar-refractivity contribution < 1.29 is 17.9 Å². The number of halogens is 2. The Kier molecular flexibility index (Phi) is 7.26. The maximum Gasteiger partial charge on any atom is 0.242 e. The highest BCUT2D eigenvalue weighted by Crippen LogP contribution is 2.28. The Morgan fingerprint density at radius 2 is 1.43 bits per heavy atom. The predicted molar refractivity (Wildman–Crippen MR) is 119 cm³/mol. The van der Waals surface area contributed by atoms with Gasteiger partial charge in [0.15, 0.2) is 0 Å². The molecule has 0 amide bonds. The van der Waals surface area contributed by atoms with Crippen LogP contribution in [-0.2, 0) is 16.4 Å². The van der Waals surface area contributed by atoms with E-state index < -0.39 is 16.1 Å². The van der Waals surface area contributed by atoms with E-state index in [-0.39, 0.29) is 9.92 Å². The molecule has 0 aromatic heterocycles. The Morgan fingerprint density at radius 3 is 1.97 bits per heavy atom. The van der Waals surface area contributed by atoms with E-state index in [0.29, 0.717) is 17.2 Å². The molecule has 3 rings (SSSR count). The molecule has 0 fully saturated rings. The summed E-state index contributed by atoms with van der Waals surface area (Å²) >= 11 is 12.1. The number of sulfonamides is 1. The molecular weight excluding hydrogens is 445 g/mol. The van der Waals surface area contributed by atoms with Gasteiger partial charge in [0.05, 0.1) is 25.3 Å². The lowest BCUT2D eigenvalue weighted by Crippen LogP contribution is -2.30. The van der Waals surface area contributed by atoms with Crippen molar-refractivity contribution in [2.24, 2.45) is 0 Å². The summed E-state index contributed by atoms with van der Waals surface area (Å²) in [6, 6.07) is 18.5. The van der Waals surface area contributed by atoms with Crippen molar-refractivity contribution >= 4 is 33.2 Å². The summed E-state index contributed by atoms with van der Waals surface area (Å²) in [5.41, 5.74) is 1.74. The van der Waals surface area contributed by atoms with Gasteiger partial charge in [0.1, 0.15) is 16.4 Å². The van der Waals surface area contributed by atoms with Crippen LogP contribution < -0.4 is 14.2 Å². The van der Waals surface area contributed by atoms with Gasteiger partial charge >= 0.3 is 0 Å². The minimum absolute atomic E-state index is 0.0261. The van der Waals surface area contributed by atoms with Crippen molar-refractivity contribution in [1.82, 2.24) is 4.72 Å². The van der Waals surface area contributed by atoms with Gasteiger partial charge in [-0.05, 0) is 60.0 Å². The molecule has 30 heavy (non-hydrogen) atoms. The van der Waals surface area contributed by atoms with Gasteiger partial charge in [0, 0.05) is 5.02 Å². The second kappa shape index (κ2) is 9.71. The summed E-state index contributed by atoms with van der Waals surface area (Å²) < 4.78 is 39.3. The van der Waals surface area contributed by atoms with Gasteiger partial charge in [-0.1, -0.05) is 47.5 Å². The minimum atomic E-state index is -3.90. The smallest absolute Gasteiger partial charge is 0.242 e. The van der Waals surface area contributed by atoms with Crippen molar-refractivity contribution in [2.75, 3.05) is 14.2 Å². The van der Waals surface area contributed by atoms with Gasteiger partial charge in [0.25, 0.3) is 0 Å². The Hall–Kier alpha value is -2.25. The number of methoxy groups -OCH3 is 2. The zero-order valence-corrected chi connectivity index (χ0v) is 18.8. The molecule has 1 atom stereocenters. The van der Waals surface area contributed by atoms with Crippen molar-refractivity contribution in [3.8, 4) is 11.5 Å². The van der Waals surface area contributed by atoms with Crippen LogP contribution in [0.15, 0.2) is 71.6 Å². The molecule has 0 bridgehead atoms. The van der Waals surface area contributed by atoms with E-state index in [9.17, 15) is 8.42 Å². The number of hydrogen-bond donors (Lipinski definition) is 1. The fraction of sp³-hybridized carbons (Fsp3) is 0.182. The summed E-state index contributed by atoms with van der Waals surface area (Å²) in [6.45, 7) is 0. The third-order valence-electron chi connectivity index (χ3n) is 4.60. The van der Waals surface area contributed by atoms with Crippen LogP contribution in [0.4, 0.5) is 0 Å². The Labute approximate surface area is 186 Å². The third kappa shape index (κ3) is 5.46. The number of rotatable bonds is 8. The molecule has 0 spiro atoms. The molecule has 0 saturated carbocycles. The Bertz CT molecular complexity index is 1100. The van der Waals surface area contributed by atoms with E-state index in [2.05, 4.69) is 4.72 Å². The largest absolute Gasteiger partial charge is 0.497 e. The van der Waals surface area contributed by atoms with E-state index in [4.69, 9.17) is 32.7 Å². The van der Waals surface area contributed by atoms with Crippen LogP contribution in [0, 0.1) is 0 Å². The molecule has 3 aromatic carbocycles. The van der Waals surface area contributed by atoms with E-state index in [1.807, 2.05) is 36.4 Å². The van der Waals surface area contributed by atoms with Gasteiger partial charge in [-0.2, -0.15) is 0 Å². The molecule has 0 radical (unpaired) electrons. The number of nitrogens with one attached hydrogen (secondary N) is 1. The SMILES string of the molecule is COc1ccc(CC(NS(=O)(=O)c2ccc(Cl)cc2Cl)c2ccc(OC)cc2)cc1. The molecule has 5 nitrogen and oxygen atoms in total. The topological polar surface area (TPSA) is 64.6 Å². The average Bonchev–Trinajstić information content (AvgIpc) is 2.73. The van der Waals surface area contributed by atoms with Crippen molar-refractivity contribution in [2.45, 2.75) is 17.4 Å². The van der Waals surface area contributed by atoms with Gasteiger partial charge in [-0.25, -0.2) is 13.1 Å². The molecule has 0 aliphatic rings. The Balaban J connectivity index is 1.94. The molecule has 8 heteroatoms. The molecular formula is C22H21Cl2NO4S. The highest BCUT2D eigenvalue weighted by molar-refractivity contribution is 7.89. The van der Waals surface area contributed by atoms with Crippen molar-refractivity contribution in [1.29, 1.82) is 0 Å². The second-order valence-electron chi connectivity index (χ2n) is 6.57. The van der Waals surface area contributed by atoms with Gasteiger partial charge in [-0.3, -0.25) is 0 Å². The molecule has 0 aliphatic carbocycles. The maximum absolute atomic E-state index is 13.1. The van der Waals surface area contributed by atoms with E-state index in [0.717, 1.165) is 16.9 Å². The number of hydrogen-bond acceptors (Lipinski definition) is 4. The molecule has 0 saturated heterocycles. The van der Waals surface area contributed by atoms with E-state index >= 15 is 0 Å². The van der Waals surface area contributed by atoms with Crippen LogP contribution >= 0.6 is 23.2 Å². The minimum Gasteiger partial charge on any atom is -0.497 e. The number of benzene rings is 3. The Morgan fingerprint density at radius 1 is 0.867 bits per heavy atom. The van der Waals surface area contributed by atoms with Crippen LogP contribution in [0.1, 0.15) is 17.2 Å². The highest BCUT2D eigenvalue weighted by atomic mass is 35.5. The highest BCUT2D eigenvalue weighted by Gasteiger charge is 2.24. The predicted octanol–water partition coefficient (Wildman–Crippen LogP) is 5.27. The lowest BCUT2D eigenvalue weighted by Gasteiger charge is -2.20. The van der Waals surface area contributed by atoms with E-state index in [1.54, 1.807) is 26.4 Å². The molecule has 3 aromatic rings. The fourth-order valence-corrected chi connectivity index (χ4v) is 5.00. The van der Waals surface area contributed by atoms with Crippen molar-refractivity contribution in [3.05, 3.63) is 87.9 Å². The first-order valence-corrected chi connectivity index (χ1v) is 11.3. The summed E-state index contributed by atoms with van der Waals surface area (Å²) in [6.07, 6.45) is 0.431. The van der Waals surface area contributed by atoms with Gasteiger partial charge < -0.3 is 9.47 Å². The molecule has 1 unspecified atom stereocenters. The van der Waals surface area contributed by atoms with Crippen LogP contribution in [-0.4, -0.2) is 22.6 Å². The monoisotopic (exact) mass is 465 g/mol. The standard InChI is InChI=1S/C22H21Cl2NO4S/c1-28-18-8-3-15(4-9-18)13-21(16-5-10-19(29-2)11-6-16)25-30(26,27)22-12-7-17(23)14-20(22)24/h3-12,14,21,25H,13H2,1-2H3. The first-order valence-electron chi connectivity index (χ1n) is 9.06. The normalized spacial score (nSPS) is 12.4. The molecule has 0 heterocycles. The van der Waals surface area contributed by atoms with Crippen molar-refractivity contribution in [3.63, 3.8) is 0 Å². The summed E-state index contributed by atoms with van der Waals surface area (Å²) in [7, 11) is -0.725. The summed E-state index contributed by atoms with van der Waals surface area (Å²) in [5.74, 6) is 1.42. The van der Waals surface area contributed by atoms with Crippen LogP contribution in [0.25, 0.3) is 0 Å². The van der Waals surface area contributed by atoms with E-state index in [1.165, 1.54) is 18.2 Å². The van der Waals surface area contributed by atoms with Gasteiger partial charge in [0.2, 0.25) is 10.0 Å². The molecule has 158 valence electrons. The quantitative estimate of drug-likeness (QED) is 0.491. The lowest BCUT2D eigenvalue weighted by molar-refractivity contribution is 0.414. The van der Waals surface area contributed by atoms with Gasteiger partial charge in [-0.15, -0.1) is 0 Å². The van der Waals surface area contributed by atoms with Crippen LogP contribution in [0.2, 0.25) is 10.0 Å². The van der Waals surface area contributed by atoms with Crippen LogP contribution in [0.5, 0.6) is 11.5 Å². The molecule has 1 N–H and O–H groups in total. The number of ether oxygens (including phenoxy) is 2. The fourth-order valence-electron chi connectivity index (χ4n) is 3.01. The zero-order valence-electron chi connectivity index (χ0n) is 16.4. The second-order valence-corrected chi connectivity index (χ2v) is 9.10. The zero-order chi connectivity index (χ0) is 21.7. The summed E-state index contributed by atoms with van der Waals surface area (Å²) in [5, 5.41) is 0.428. The lowest BCUT2D eigenvalue weighted by atomic mass is 9.99. The van der Waals surface area contributed by atoms with Crippen LogP contribution in [0.3, 0.4) is 0 Å².